The van der Waals surface area contributed by atoms with Crippen LogP contribution in [0.4, 0.5) is 0 Å². The van der Waals surface area contributed by atoms with E-state index in [1.807, 2.05) is 6.07 Å². The highest BCUT2D eigenvalue weighted by atomic mass is 16.7. The van der Waals surface area contributed by atoms with E-state index in [2.05, 4.69) is 88.4 Å². The molecule has 0 unspecified atom stereocenters. The lowest BCUT2D eigenvalue weighted by Crippen LogP contribution is -2.41. The van der Waals surface area contributed by atoms with Gasteiger partial charge in [0, 0.05) is 16.2 Å². The molecule has 0 saturated carbocycles. The van der Waals surface area contributed by atoms with Gasteiger partial charge >= 0.3 is 7.12 Å². The van der Waals surface area contributed by atoms with Crippen LogP contribution in [0.15, 0.2) is 71.1 Å². The summed E-state index contributed by atoms with van der Waals surface area (Å²) in [6, 6.07) is 23.5. The molecule has 2 heterocycles. The van der Waals surface area contributed by atoms with Gasteiger partial charge in [0.15, 0.2) is 0 Å². The maximum Gasteiger partial charge on any atom is 0.498 e. The first-order chi connectivity index (χ1) is 14.3. The second-order valence-electron chi connectivity index (χ2n) is 9.27. The zero-order chi connectivity index (χ0) is 20.7. The number of hydrogen-bond donors (Lipinski definition) is 0. The van der Waals surface area contributed by atoms with Crippen LogP contribution in [0.25, 0.3) is 43.5 Å². The average molecular weight is 394 g/mol. The molecule has 0 radical (unpaired) electrons. The molecule has 1 saturated heterocycles. The molecule has 3 nitrogen and oxygen atoms in total. The molecule has 6 rings (SSSR count). The molecule has 0 amide bonds. The molecule has 0 N–H and O–H groups in total. The molecule has 1 aromatic heterocycles. The Kier molecular flexibility index (Phi) is 3.52. The fourth-order valence-corrected chi connectivity index (χ4v) is 4.48. The molecular formula is C26H23BO3. The predicted molar refractivity (Wildman–Crippen MR) is 124 cm³/mol. The third-order valence-corrected chi connectivity index (χ3v) is 6.90. The van der Waals surface area contributed by atoms with E-state index in [4.69, 9.17) is 13.7 Å². The normalized spacial score (nSPS) is 18.2. The van der Waals surface area contributed by atoms with E-state index < -0.39 is 7.12 Å². The standard InChI is InChI=1S/C26H23BO3/c1-25(2)26(3,4)30-27(29-25)22-11-7-10-19-21-14-17-13-12-16-8-5-6-9-18(16)20(17)15-23(21)28-24(19)22/h5-15H,1-4H3. The van der Waals surface area contributed by atoms with Crippen LogP contribution < -0.4 is 5.46 Å². The quantitative estimate of drug-likeness (QED) is 0.251. The van der Waals surface area contributed by atoms with Crippen molar-refractivity contribution >= 4 is 56.1 Å². The lowest BCUT2D eigenvalue weighted by Gasteiger charge is -2.32. The van der Waals surface area contributed by atoms with Gasteiger partial charge in [-0.2, -0.15) is 0 Å². The molecule has 4 heteroatoms. The summed E-state index contributed by atoms with van der Waals surface area (Å²) in [5, 5.41) is 7.10. The Balaban J connectivity index is 1.60. The lowest BCUT2D eigenvalue weighted by molar-refractivity contribution is 0.00578. The van der Waals surface area contributed by atoms with Crippen LogP contribution in [0.5, 0.6) is 0 Å². The summed E-state index contributed by atoms with van der Waals surface area (Å²) < 4.78 is 19.0. The van der Waals surface area contributed by atoms with Crippen molar-refractivity contribution in [2.24, 2.45) is 0 Å². The minimum Gasteiger partial charge on any atom is -0.456 e. The van der Waals surface area contributed by atoms with Gasteiger partial charge in [0.25, 0.3) is 0 Å². The van der Waals surface area contributed by atoms with Gasteiger partial charge in [0.1, 0.15) is 11.2 Å². The van der Waals surface area contributed by atoms with Crippen molar-refractivity contribution in [3.63, 3.8) is 0 Å². The van der Waals surface area contributed by atoms with Gasteiger partial charge in [-0.1, -0.05) is 54.6 Å². The van der Waals surface area contributed by atoms with E-state index in [9.17, 15) is 0 Å². The number of rotatable bonds is 1. The van der Waals surface area contributed by atoms with E-state index >= 15 is 0 Å². The molecule has 0 bridgehead atoms. The van der Waals surface area contributed by atoms with Crippen molar-refractivity contribution in [3.05, 3.63) is 66.7 Å². The van der Waals surface area contributed by atoms with Crippen LogP contribution in [0.2, 0.25) is 0 Å². The Morgan fingerprint density at radius 3 is 2.13 bits per heavy atom. The number of fused-ring (bicyclic) bond motifs is 6. The summed E-state index contributed by atoms with van der Waals surface area (Å²) in [5.41, 5.74) is 1.89. The van der Waals surface area contributed by atoms with Crippen LogP contribution in [0.1, 0.15) is 27.7 Å². The van der Waals surface area contributed by atoms with Crippen LogP contribution in [0.3, 0.4) is 0 Å². The Hall–Kier alpha value is -2.82. The van der Waals surface area contributed by atoms with E-state index in [0.29, 0.717) is 0 Å². The third kappa shape index (κ3) is 2.41. The van der Waals surface area contributed by atoms with Gasteiger partial charge < -0.3 is 13.7 Å². The Bertz CT molecular complexity index is 1450. The van der Waals surface area contributed by atoms with Gasteiger partial charge in [0.05, 0.1) is 11.2 Å². The highest BCUT2D eigenvalue weighted by Crippen LogP contribution is 2.39. The van der Waals surface area contributed by atoms with E-state index in [0.717, 1.165) is 27.4 Å². The highest BCUT2D eigenvalue weighted by molar-refractivity contribution is 6.65. The molecule has 5 aromatic rings. The zero-order valence-corrected chi connectivity index (χ0v) is 17.7. The first-order valence-electron chi connectivity index (χ1n) is 10.5. The number of para-hydroxylation sites is 1. The molecule has 1 fully saturated rings. The Morgan fingerprint density at radius 2 is 1.33 bits per heavy atom. The van der Waals surface area contributed by atoms with E-state index in [-0.39, 0.29) is 11.2 Å². The van der Waals surface area contributed by atoms with Crippen molar-refractivity contribution in [3.8, 4) is 0 Å². The third-order valence-electron chi connectivity index (χ3n) is 6.90. The monoisotopic (exact) mass is 394 g/mol. The maximum absolute atomic E-state index is 6.43. The van der Waals surface area contributed by atoms with Crippen LogP contribution in [-0.4, -0.2) is 18.3 Å². The Labute approximate surface area is 175 Å². The first-order valence-corrected chi connectivity index (χ1v) is 10.5. The van der Waals surface area contributed by atoms with Crippen molar-refractivity contribution in [1.82, 2.24) is 0 Å². The SMILES string of the molecule is CC1(C)OB(c2cccc3c2oc2cc4c(ccc5ccccc54)cc23)OC1(C)C. The molecule has 4 aromatic carbocycles. The summed E-state index contributed by atoms with van der Waals surface area (Å²) in [6.07, 6.45) is 0. The number of benzene rings is 4. The van der Waals surface area contributed by atoms with Gasteiger partial charge in [0.2, 0.25) is 0 Å². The van der Waals surface area contributed by atoms with Crippen LogP contribution in [-0.2, 0) is 9.31 Å². The molecular weight excluding hydrogens is 371 g/mol. The summed E-state index contributed by atoms with van der Waals surface area (Å²) in [5.74, 6) is 0. The van der Waals surface area contributed by atoms with Crippen molar-refractivity contribution < 1.29 is 13.7 Å². The second kappa shape index (κ2) is 5.87. The topological polar surface area (TPSA) is 31.6 Å². The van der Waals surface area contributed by atoms with Gasteiger partial charge in [-0.3, -0.25) is 0 Å². The maximum atomic E-state index is 6.43. The summed E-state index contributed by atoms with van der Waals surface area (Å²) in [7, 11) is -0.450. The van der Waals surface area contributed by atoms with Gasteiger partial charge in [-0.05, 0) is 61.4 Å². The smallest absolute Gasteiger partial charge is 0.456 e. The minimum absolute atomic E-state index is 0.389. The highest BCUT2D eigenvalue weighted by Gasteiger charge is 2.52. The Morgan fingerprint density at radius 1 is 0.633 bits per heavy atom. The van der Waals surface area contributed by atoms with E-state index in [1.54, 1.807) is 0 Å². The fourth-order valence-electron chi connectivity index (χ4n) is 4.48. The molecule has 0 aliphatic carbocycles. The molecule has 0 spiro atoms. The van der Waals surface area contributed by atoms with Crippen molar-refractivity contribution in [1.29, 1.82) is 0 Å². The fraction of sp³-hybridized carbons (Fsp3) is 0.231. The largest absolute Gasteiger partial charge is 0.498 e. The van der Waals surface area contributed by atoms with Gasteiger partial charge in [-0.15, -0.1) is 0 Å². The molecule has 0 atom stereocenters. The predicted octanol–water partition coefficient (Wildman–Crippen LogP) is 6.19. The molecule has 1 aliphatic rings. The summed E-state index contributed by atoms with van der Waals surface area (Å²) >= 11 is 0. The minimum atomic E-state index is -0.450. The summed E-state index contributed by atoms with van der Waals surface area (Å²) in [6.45, 7) is 8.29. The average Bonchev–Trinajstić information content (AvgIpc) is 3.19. The second-order valence-corrected chi connectivity index (χ2v) is 9.27. The molecule has 1 aliphatic heterocycles. The van der Waals surface area contributed by atoms with E-state index in [1.165, 1.54) is 21.5 Å². The number of furan rings is 1. The first kappa shape index (κ1) is 18.0. The van der Waals surface area contributed by atoms with Crippen molar-refractivity contribution in [2.75, 3.05) is 0 Å². The zero-order valence-electron chi connectivity index (χ0n) is 17.7. The lowest BCUT2D eigenvalue weighted by atomic mass is 9.78. The number of hydrogen-bond acceptors (Lipinski definition) is 3. The molecule has 148 valence electrons. The molecule has 30 heavy (non-hydrogen) atoms. The van der Waals surface area contributed by atoms with Crippen LogP contribution >= 0.6 is 0 Å². The van der Waals surface area contributed by atoms with Crippen LogP contribution in [0, 0.1) is 0 Å². The van der Waals surface area contributed by atoms with Gasteiger partial charge in [-0.25, -0.2) is 0 Å². The summed E-state index contributed by atoms with van der Waals surface area (Å²) in [4.78, 5) is 0. The van der Waals surface area contributed by atoms with Crippen molar-refractivity contribution in [2.45, 2.75) is 38.9 Å².